The number of nitrogens with one attached hydrogen (secondary N) is 2. The normalized spacial score (nSPS) is 16.8. The third-order valence-corrected chi connectivity index (χ3v) is 7.75. The van der Waals surface area contributed by atoms with Crippen LogP contribution in [0.2, 0.25) is 0 Å². The number of nitrogens with zero attached hydrogens (tertiary/aromatic N) is 1. The number of hydrogen-bond acceptors (Lipinski definition) is 4. The molecule has 1 heterocycles. The SMILES string of the molecule is COc1ccccc1NC(=O)[C@@H](C)[NH+]1CCN(S(=O)(=O)c2ccc(C)c(C)c2)CC1. The number of methoxy groups -OCH3 is 1. The molecule has 162 valence electrons. The first-order valence-electron chi connectivity index (χ1n) is 10.1. The van der Waals surface area contributed by atoms with Crippen LogP contribution in [0.25, 0.3) is 0 Å². The number of rotatable bonds is 6. The fourth-order valence-electron chi connectivity index (χ4n) is 3.64. The van der Waals surface area contributed by atoms with Crippen molar-refractivity contribution in [2.45, 2.75) is 31.7 Å². The van der Waals surface area contributed by atoms with Crippen LogP contribution in [0.3, 0.4) is 0 Å². The molecule has 1 amide bonds. The van der Waals surface area contributed by atoms with Crippen molar-refractivity contribution in [3.63, 3.8) is 0 Å². The molecule has 2 aromatic rings. The summed E-state index contributed by atoms with van der Waals surface area (Å²) in [4.78, 5) is 14.1. The van der Waals surface area contributed by atoms with Crippen LogP contribution < -0.4 is 15.0 Å². The van der Waals surface area contributed by atoms with E-state index in [9.17, 15) is 13.2 Å². The number of carbonyl (C=O) groups excluding carboxylic acids is 1. The highest BCUT2D eigenvalue weighted by Crippen LogP contribution is 2.23. The van der Waals surface area contributed by atoms with Gasteiger partial charge >= 0.3 is 0 Å². The lowest BCUT2D eigenvalue weighted by atomic mass is 10.1. The van der Waals surface area contributed by atoms with E-state index in [4.69, 9.17) is 4.74 Å². The Balaban J connectivity index is 1.63. The van der Waals surface area contributed by atoms with Gasteiger partial charge in [0.05, 0.1) is 43.9 Å². The van der Waals surface area contributed by atoms with Crippen LogP contribution >= 0.6 is 0 Å². The Labute approximate surface area is 178 Å². The number of carbonyl (C=O) groups is 1. The highest BCUT2D eigenvalue weighted by Gasteiger charge is 2.34. The first-order valence-corrected chi connectivity index (χ1v) is 11.5. The fraction of sp³-hybridized carbons (Fsp3) is 0.409. The van der Waals surface area contributed by atoms with Gasteiger partial charge in [-0.2, -0.15) is 4.31 Å². The van der Waals surface area contributed by atoms with E-state index < -0.39 is 10.0 Å². The van der Waals surface area contributed by atoms with Gasteiger partial charge in [-0.25, -0.2) is 8.42 Å². The van der Waals surface area contributed by atoms with Gasteiger partial charge in [0, 0.05) is 0 Å². The van der Waals surface area contributed by atoms with Crippen LogP contribution in [0.5, 0.6) is 5.75 Å². The second-order valence-corrected chi connectivity index (χ2v) is 9.66. The molecule has 7 nitrogen and oxygen atoms in total. The molecule has 0 bridgehead atoms. The number of ether oxygens (including phenoxy) is 1. The van der Waals surface area contributed by atoms with Crippen molar-refractivity contribution in [3.05, 3.63) is 53.6 Å². The Morgan fingerprint density at radius 3 is 2.40 bits per heavy atom. The van der Waals surface area contributed by atoms with Crippen molar-refractivity contribution in [2.24, 2.45) is 0 Å². The third kappa shape index (κ3) is 4.66. The van der Waals surface area contributed by atoms with E-state index in [1.54, 1.807) is 31.4 Å². The standard InChI is InChI=1S/C22H29N3O4S/c1-16-9-10-19(15-17(16)2)30(27,28)25-13-11-24(12-14-25)18(3)22(26)23-20-7-5-6-8-21(20)29-4/h5-10,15,18H,11-14H2,1-4H3,(H,23,26)/p+1/t18-/m1/s1. The Kier molecular flexibility index (Phi) is 6.80. The molecular weight excluding hydrogens is 402 g/mol. The molecule has 2 N–H and O–H groups in total. The van der Waals surface area contributed by atoms with Crippen molar-refractivity contribution in [1.82, 2.24) is 4.31 Å². The maximum absolute atomic E-state index is 13.0. The summed E-state index contributed by atoms with van der Waals surface area (Å²) in [7, 11) is -1.96. The average molecular weight is 433 g/mol. The molecule has 0 spiro atoms. The van der Waals surface area contributed by atoms with Gasteiger partial charge < -0.3 is 15.0 Å². The molecule has 30 heavy (non-hydrogen) atoms. The number of benzene rings is 2. The summed E-state index contributed by atoms with van der Waals surface area (Å²) in [6, 6.07) is 12.2. The summed E-state index contributed by atoms with van der Waals surface area (Å²) in [6.07, 6.45) is 0. The second kappa shape index (κ2) is 9.16. The predicted molar refractivity (Wildman–Crippen MR) is 116 cm³/mol. The minimum atomic E-state index is -3.53. The van der Waals surface area contributed by atoms with Gasteiger partial charge in [-0.1, -0.05) is 18.2 Å². The summed E-state index contributed by atoms with van der Waals surface area (Å²) in [5.74, 6) is 0.498. The summed E-state index contributed by atoms with van der Waals surface area (Å²) in [6.45, 7) is 7.67. The van der Waals surface area contributed by atoms with Gasteiger partial charge in [-0.15, -0.1) is 0 Å². The zero-order valence-corrected chi connectivity index (χ0v) is 18.8. The topological polar surface area (TPSA) is 80.2 Å². The smallest absolute Gasteiger partial charge is 0.282 e. The van der Waals surface area contributed by atoms with Crippen LogP contribution in [0.15, 0.2) is 47.4 Å². The molecule has 1 aliphatic heterocycles. The first kappa shape index (κ1) is 22.3. The van der Waals surface area contributed by atoms with E-state index in [-0.39, 0.29) is 11.9 Å². The average Bonchev–Trinajstić information content (AvgIpc) is 2.75. The van der Waals surface area contributed by atoms with Crippen molar-refractivity contribution in [2.75, 3.05) is 38.6 Å². The maximum atomic E-state index is 13.0. The molecule has 0 aliphatic carbocycles. The van der Waals surface area contributed by atoms with E-state index in [1.165, 1.54) is 4.31 Å². The zero-order chi connectivity index (χ0) is 21.9. The van der Waals surface area contributed by atoms with Crippen molar-refractivity contribution >= 4 is 21.6 Å². The molecule has 1 atom stereocenters. The fourth-order valence-corrected chi connectivity index (χ4v) is 5.17. The molecule has 0 unspecified atom stereocenters. The summed E-state index contributed by atoms with van der Waals surface area (Å²) < 4.78 is 32.8. The molecule has 1 fully saturated rings. The zero-order valence-electron chi connectivity index (χ0n) is 17.9. The molecule has 8 heteroatoms. The number of aryl methyl sites for hydroxylation is 2. The summed E-state index contributed by atoms with van der Waals surface area (Å²) in [5.41, 5.74) is 2.66. The molecule has 0 saturated carbocycles. The molecule has 0 aromatic heterocycles. The minimum Gasteiger partial charge on any atom is -0.495 e. The second-order valence-electron chi connectivity index (χ2n) is 7.72. The van der Waals surface area contributed by atoms with Gasteiger partial charge in [-0.3, -0.25) is 4.79 Å². The molecule has 0 radical (unpaired) electrons. The number of piperazine rings is 1. The Bertz CT molecular complexity index is 1010. The molecule has 1 saturated heterocycles. The lowest BCUT2D eigenvalue weighted by Gasteiger charge is -2.34. The number of anilines is 1. The Morgan fingerprint density at radius 1 is 1.10 bits per heavy atom. The third-order valence-electron chi connectivity index (χ3n) is 5.85. The monoisotopic (exact) mass is 432 g/mol. The maximum Gasteiger partial charge on any atom is 0.282 e. The molecule has 3 rings (SSSR count). The van der Waals surface area contributed by atoms with E-state index in [1.807, 2.05) is 39.0 Å². The predicted octanol–water partition coefficient (Wildman–Crippen LogP) is 1.23. The quantitative estimate of drug-likeness (QED) is 0.720. The van der Waals surface area contributed by atoms with Crippen molar-refractivity contribution in [1.29, 1.82) is 0 Å². The van der Waals surface area contributed by atoms with Crippen molar-refractivity contribution < 1.29 is 22.8 Å². The van der Waals surface area contributed by atoms with Crippen LogP contribution in [0, 0.1) is 13.8 Å². The largest absolute Gasteiger partial charge is 0.495 e. The molecule has 2 aromatic carbocycles. The van der Waals surface area contributed by atoms with Crippen LogP contribution in [0.4, 0.5) is 5.69 Å². The Morgan fingerprint density at radius 2 is 1.77 bits per heavy atom. The van der Waals surface area contributed by atoms with Gasteiger partial charge in [0.1, 0.15) is 5.75 Å². The van der Waals surface area contributed by atoms with Crippen LogP contribution in [-0.2, 0) is 14.8 Å². The highest BCUT2D eigenvalue weighted by molar-refractivity contribution is 7.89. The molecule has 1 aliphatic rings. The van der Waals surface area contributed by atoms with Gasteiger partial charge in [0.2, 0.25) is 10.0 Å². The van der Waals surface area contributed by atoms with Gasteiger partial charge in [0.25, 0.3) is 5.91 Å². The van der Waals surface area contributed by atoms with Crippen molar-refractivity contribution in [3.8, 4) is 5.75 Å². The highest BCUT2D eigenvalue weighted by atomic mass is 32.2. The number of hydrogen-bond donors (Lipinski definition) is 2. The van der Waals surface area contributed by atoms with Crippen LogP contribution in [0.1, 0.15) is 18.1 Å². The minimum absolute atomic E-state index is 0.111. The summed E-state index contributed by atoms with van der Waals surface area (Å²) in [5, 5.41) is 2.92. The Hall–Kier alpha value is -2.42. The number of sulfonamides is 1. The number of quaternary nitrogens is 1. The van der Waals surface area contributed by atoms with Gasteiger partial charge in [0.15, 0.2) is 6.04 Å². The van der Waals surface area contributed by atoms with Crippen LogP contribution in [-0.4, -0.2) is 58.0 Å². The van der Waals surface area contributed by atoms with E-state index in [0.29, 0.717) is 42.5 Å². The van der Waals surface area contributed by atoms with E-state index in [2.05, 4.69) is 5.32 Å². The van der Waals surface area contributed by atoms with E-state index in [0.717, 1.165) is 16.0 Å². The lowest BCUT2D eigenvalue weighted by molar-refractivity contribution is -0.917. The number of amides is 1. The molecular formula is C22H30N3O4S+. The van der Waals surface area contributed by atoms with E-state index >= 15 is 0 Å². The van der Waals surface area contributed by atoms with Gasteiger partial charge in [-0.05, 0) is 56.2 Å². The lowest BCUT2D eigenvalue weighted by Crippen LogP contribution is -3.19. The first-order chi connectivity index (χ1) is 14.2. The summed E-state index contributed by atoms with van der Waals surface area (Å²) >= 11 is 0. The number of para-hydroxylation sites is 2.